The summed E-state index contributed by atoms with van der Waals surface area (Å²) in [5.74, 6) is 0.901. The number of ether oxygens (including phenoxy) is 1. The summed E-state index contributed by atoms with van der Waals surface area (Å²) in [7, 11) is 0. The van der Waals surface area contributed by atoms with Gasteiger partial charge < -0.3 is 14.1 Å². The molecule has 1 aliphatic rings. The maximum Gasteiger partial charge on any atom is 0.338 e. The lowest BCUT2D eigenvalue weighted by Crippen LogP contribution is -2.39. The van der Waals surface area contributed by atoms with Crippen molar-refractivity contribution in [1.29, 1.82) is 0 Å². The molecule has 1 atom stereocenters. The first-order chi connectivity index (χ1) is 16.0. The molecule has 0 saturated carbocycles. The molecule has 0 fully saturated rings. The van der Waals surface area contributed by atoms with Crippen LogP contribution in [0.1, 0.15) is 45.1 Å². The number of aromatic nitrogens is 1. The van der Waals surface area contributed by atoms with Gasteiger partial charge >= 0.3 is 5.97 Å². The van der Waals surface area contributed by atoms with Crippen molar-refractivity contribution in [3.05, 3.63) is 84.7 Å². The summed E-state index contributed by atoms with van der Waals surface area (Å²) in [4.78, 5) is 33.6. The fraction of sp³-hybridized carbons (Fsp3) is 0.320. The van der Waals surface area contributed by atoms with E-state index in [1.165, 1.54) is 11.3 Å². The number of anilines is 1. The lowest BCUT2D eigenvalue weighted by Gasteiger charge is -2.24. The normalized spacial score (nSPS) is 15.9. The first-order valence-electron chi connectivity index (χ1n) is 11.1. The number of carbonyl (C=O) groups excluding carboxylic acids is 1. The molecule has 4 rings (SSSR count). The summed E-state index contributed by atoms with van der Waals surface area (Å²) in [6.07, 6.45) is 1.74. The lowest BCUT2D eigenvalue weighted by atomic mass is 9.96. The zero-order valence-electron chi connectivity index (χ0n) is 19.2. The SMILES string of the molecule is CCOC(=O)C1=C(C)N=c2sc(=Cc3ccc(N(CC)CC)o3)c(=O)n2C1c1ccccc1. The predicted molar refractivity (Wildman–Crippen MR) is 129 cm³/mol. The average molecular weight is 466 g/mol. The number of allylic oxidation sites excluding steroid dienone is 1. The first-order valence-corrected chi connectivity index (χ1v) is 11.9. The highest BCUT2D eigenvalue weighted by Crippen LogP contribution is 2.30. The van der Waals surface area contributed by atoms with Gasteiger partial charge in [0.15, 0.2) is 10.7 Å². The van der Waals surface area contributed by atoms with Crippen molar-refractivity contribution in [2.75, 3.05) is 24.6 Å². The Morgan fingerprint density at radius 3 is 2.58 bits per heavy atom. The molecule has 0 aliphatic carbocycles. The maximum atomic E-state index is 13.5. The zero-order chi connectivity index (χ0) is 23.5. The van der Waals surface area contributed by atoms with Gasteiger partial charge in [0.1, 0.15) is 5.76 Å². The van der Waals surface area contributed by atoms with E-state index in [1.807, 2.05) is 42.5 Å². The summed E-state index contributed by atoms with van der Waals surface area (Å²) < 4.78 is 13.3. The molecule has 1 aliphatic heterocycles. The van der Waals surface area contributed by atoms with Gasteiger partial charge in [0.05, 0.1) is 28.5 Å². The number of benzene rings is 1. The quantitative estimate of drug-likeness (QED) is 0.501. The Hall–Kier alpha value is -3.39. The van der Waals surface area contributed by atoms with Crippen LogP contribution in [-0.2, 0) is 9.53 Å². The Kier molecular flexibility index (Phi) is 6.65. The van der Waals surface area contributed by atoms with Gasteiger partial charge in [-0.25, -0.2) is 9.79 Å². The minimum Gasteiger partial charge on any atom is -0.463 e. The van der Waals surface area contributed by atoms with Crippen molar-refractivity contribution >= 4 is 29.3 Å². The molecule has 33 heavy (non-hydrogen) atoms. The highest BCUT2D eigenvalue weighted by atomic mass is 32.1. The van der Waals surface area contributed by atoms with Crippen LogP contribution in [0, 0.1) is 0 Å². The highest BCUT2D eigenvalue weighted by Gasteiger charge is 2.33. The van der Waals surface area contributed by atoms with Crippen molar-refractivity contribution < 1.29 is 13.9 Å². The third-order valence-corrected chi connectivity index (χ3v) is 6.58. The van der Waals surface area contributed by atoms with E-state index in [0.717, 1.165) is 24.5 Å². The third kappa shape index (κ3) is 4.30. The number of rotatable bonds is 7. The Morgan fingerprint density at radius 1 is 1.18 bits per heavy atom. The summed E-state index contributed by atoms with van der Waals surface area (Å²) in [6.45, 7) is 9.58. The van der Waals surface area contributed by atoms with Crippen molar-refractivity contribution in [2.45, 2.75) is 33.7 Å². The number of carbonyl (C=O) groups is 1. The predicted octanol–water partition coefficient (Wildman–Crippen LogP) is 3.24. The average Bonchev–Trinajstić information content (AvgIpc) is 3.39. The van der Waals surface area contributed by atoms with E-state index >= 15 is 0 Å². The van der Waals surface area contributed by atoms with Crippen LogP contribution in [0.3, 0.4) is 0 Å². The van der Waals surface area contributed by atoms with E-state index in [4.69, 9.17) is 9.15 Å². The number of hydrogen-bond donors (Lipinski definition) is 0. The number of fused-ring (bicyclic) bond motifs is 1. The van der Waals surface area contributed by atoms with Crippen LogP contribution in [0.15, 0.2) is 67.9 Å². The second-order valence-corrected chi connectivity index (χ2v) is 8.57. The van der Waals surface area contributed by atoms with Crippen LogP contribution in [0.2, 0.25) is 0 Å². The van der Waals surface area contributed by atoms with Gasteiger partial charge in [-0.1, -0.05) is 41.7 Å². The number of esters is 1. The largest absolute Gasteiger partial charge is 0.463 e. The number of hydrogen-bond acceptors (Lipinski definition) is 7. The molecule has 0 spiro atoms. The fourth-order valence-electron chi connectivity index (χ4n) is 4.00. The van der Waals surface area contributed by atoms with Gasteiger partial charge in [0.25, 0.3) is 5.56 Å². The topological polar surface area (TPSA) is 77.0 Å². The number of nitrogens with zero attached hydrogens (tertiary/aromatic N) is 3. The zero-order valence-corrected chi connectivity index (χ0v) is 20.0. The van der Waals surface area contributed by atoms with Crippen LogP contribution in [0.4, 0.5) is 5.88 Å². The number of thiazole rings is 1. The van der Waals surface area contributed by atoms with Crippen LogP contribution in [-0.4, -0.2) is 30.2 Å². The summed E-state index contributed by atoms with van der Waals surface area (Å²) in [5.41, 5.74) is 1.53. The number of furan rings is 1. The fourth-order valence-corrected chi connectivity index (χ4v) is 5.02. The standard InChI is InChI=1S/C25H27N3O4S/c1-5-27(6-2)20-14-13-18(32-20)15-19-23(29)28-22(17-11-9-8-10-12-17)21(24(30)31-7-3)16(4)26-25(28)33-19/h8-15,22H,5-7H2,1-4H3. The van der Waals surface area contributed by atoms with Gasteiger partial charge in [-0.3, -0.25) is 9.36 Å². The Balaban J connectivity index is 1.87. The second kappa shape index (κ2) is 9.62. The molecule has 2 aromatic heterocycles. The van der Waals surface area contributed by atoms with E-state index in [-0.39, 0.29) is 12.2 Å². The van der Waals surface area contributed by atoms with Crippen LogP contribution >= 0.6 is 11.3 Å². The second-order valence-electron chi connectivity index (χ2n) is 7.56. The summed E-state index contributed by atoms with van der Waals surface area (Å²) in [6, 6.07) is 12.7. The molecule has 0 radical (unpaired) electrons. The first kappa shape index (κ1) is 22.8. The Bertz CT molecular complexity index is 1360. The van der Waals surface area contributed by atoms with Gasteiger partial charge in [0, 0.05) is 25.2 Å². The molecule has 0 bridgehead atoms. The molecular formula is C25H27N3O4S. The van der Waals surface area contributed by atoms with Crippen molar-refractivity contribution in [2.24, 2.45) is 4.99 Å². The highest BCUT2D eigenvalue weighted by molar-refractivity contribution is 7.07. The Morgan fingerprint density at radius 2 is 1.91 bits per heavy atom. The van der Waals surface area contributed by atoms with Crippen molar-refractivity contribution in [1.82, 2.24) is 4.57 Å². The van der Waals surface area contributed by atoms with E-state index in [2.05, 4.69) is 23.7 Å². The van der Waals surface area contributed by atoms with E-state index < -0.39 is 12.0 Å². The molecule has 7 nitrogen and oxygen atoms in total. The molecule has 3 aromatic rings. The molecule has 0 saturated heterocycles. The van der Waals surface area contributed by atoms with E-state index in [0.29, 0.717) is 26.4 Å². The van der Waals surface area contributed by atoms with Crippen molar-refractivity contribution in [3.8, 4) is 0 Å². The van der Waals surface area contributed by atoms with Crippen molar-refractivity contribution in [3.63, 3.8) is 0 Å². The monoisotopic (exact) mass is 465 g/mol. The summed E-state index contributed by atoms with van der Waals surface area (Å²) in [5, 5.41) is 0. The minimum atomic E-state index is -0.605. The molecule has 3 heterocycles. The summed E-state index contributed by atoms with van der Waals surface area (Å²) >= 11 is 1.28. The molecule has 1 aromatic carbocycles. The third-order valence-electron chi connectivity index (χ3n) is 5.59. The molecular weight excluding hydrogens is 438 g/mol. The van der Waals surface area contributed by atoms with E-state index in [9.17, 15) is 9.59 Å². The Labute approximate surface area is 195 Å². The minimum absolute atomic E-state index is 0.220. The maximum absolute atomic E-state index is 13.5. The van der Waals surface area contributed by atoms with Gasteiger partial charge in [-0.2, -0.15) is 0 Å². The van der Waals surface area contributed by atoms with Crippen LogP contribution < -0.4 is 19.8 Å². The van der Waals surface area contributed by atoms with E-state index in [1.54, 1.807) is 24.5 Å². The van der Waals surface area contributed by atoms with Gasteiger partial charge in [-0.05, 0) is 39.3 Å². The smallest absolute Gasteiger partial charge is 0.338 e. The van der Waals surface area contributed by atoms with Crippen LogP contribution in [0.5, 0.6) is 0 Å². The lowest BCUT2D eigenvalue weighted by molar-refractivity contribution is -0.139. The molecule has 1 unspecified atom stereocenters. The molecule has 8 heteroatoms. The van der Waals surface area contributed by atoms with Gasteiger partial charge in [-0.15, -0.1) is 0 Å². The van der Waals surface area contributed by atoms with Crippen LogP contribution in [0.25, 0.3) is 6.08 Å². The van der Waals surface area contributed by atoms with Gasteiger partial charge in [0.2, 0.25) is 0 Å². The molecule has 0 amide bonds. The molecule has 172 valence electrons. The molecule has 0 N–H and O–H groups in total.